The van der Waals surface area contributed by atoms with Gasteiger partial charge in [-0.25, -0.2) is 0 Å². The number of aliphatic hydroxyl groups is 1. The summed E-state index contributed by atoms with van der Waals surface area (Å²) in [5.41, 5.74) is 0. The van der Waals surface area contributed by atoms with Gasteiger partial charge in [-0.1, -0.05) is 0 Å². The Kier molecular flexibility index (Phi) is 3.67. The van der Waals surface area contributed by atoms with Crippen molar-refractivity contribution in [3.8, 4) is 0 Å². The Morgan fingerprint density at radius 1 is 1.46 bits per heavy atom. The number of likely N-dealkylation sites (N-methyl/N-ethyl adjacent to an activating group) is 1. The van der Waals surface area contributed by atoms with Crippen molar-refractivity contribution in [3.63, 3.8) is 0 Å². The Morgan fingerprint density at radius 3 is 2.54 bits per heavy atom. The van der Waals surface area contributed by atoms with Crippen LogP contribution in [-0.2, 0) is 9.47 Å². The second-order valence-electron chi connectivity index (χ2n) is 3.76. The zero-order valence-corrected chi connectivity index (χ0v) is 8.73. The molecule has 0 aromatic rings. The number of nitrogens with zero attached hydrogens (tertiary/aromatic N) is 1. The molecule has 1 fully saturated rings. The molecule has 0 amide bonds. The van der Waals surface area contributed by atoms with Crippen molar-refractivity contribution in [2.24, 2.45) is 0 Å². The van der Waals surface area contributed by atoms with E-state index < -0.39 is 6.10 Å². The topological polar surface area (TPSA) is 41.9 Å². The molecule has 13 heavy (non-hydrogen) atoms. The molecule has 0 unspecified atom stereocenters. The summed E-state index contributed by atoms with van der Waals surface area (Å²) in [5, 5.41) is 9.80. The van der Waals surface area contributed by atoms with E-state index in [0.717, 1.165) is 6.42 Å². The Morgan fingerprint density at radius 2 is 2.08 bits per heavy atom. The van der Waals surface area contributed by atoms with Crippen molar-refractivity contribution >= 4 is 0 Å². The van der Waals surface area contributed by atoms with E-state index in [9.17, 15) is 5.11 Å². The highest BCUT2D eigenvalue weighted by atomic mass is 16.7. The molecule has 4 nitrogen and oxygen atoms in total. The average molecular weight is 189 g/mol. The predicted octanol–water partition coefficient (Wildman–Crippen LogP) is 0.0588. The first-order chi connectivity index (χ1) is 6.06. The summed E-state index contributed by atoms with van der Waals surface area (Å²) in [4.78, 5) is 2.01. The molecule has 1 saturated heterocycles. The minimum Gasteiger partial charge on any atom is -0.389 e. The zero-order chi connectivity index (χ0) is 10.0. The van der Waals surface area contributed by atoms with Gasteiger partial charge in [0.1, 0.15) is 0 Å². The SMILES string of the molecule is CO[C@H]1C[C@@H](N(C)C)[C@H](O)[C@@H](C)O1. The molecule has 0 aromatic heterocycles. The van der Waals surface area contributed by atoms with Crippen LogP contribution < -0.4 is 0 Å². The van der Waals surface area contributed by atoms with E-state index in [1.807, 2.05) is 25.9 Å². The van der Waals surface area contributed by atoms with Gasteiger partial charge in [-0.3, -0.25) is 0 Å². The van der Waals surface area contributed by atoms with E-state index in [1.165, 1.54) is 0 Å². The summed E-state index contributed by atoms with van der Waals surface area (Å²) in [6.07, 6.45) is -0.0621. The summed E-state index contributed by atoms with van der Waals surface area (Å²) >= 11 is 0. The highest BCUT2D eigenvalue weighted by Gasteiger charge is 2.36. The molecular weight excluding hydrogens is 170 g/mol. The third-order valence-corrected chi connectivity index (χ3v) is 2.60. The highest BCUT2D eigenvalue weighted by Crippen LogP contribution is 2.23. The average Bonchev–Trinajstić information content (AvgIpc) is 2.09. The van der Waals surface area contributed by atoms with Crippen LogP contribution in [0.15, 0.2) is 0 Å². The van der Waals surface area contributed by atoms with Crippen molar-refractivity contribution < 1.29 is 14.6 Å². The highest BCUT2D eigenvalue weighted by molar-refractivity contribution is 4.85. The molecule has 0 spiro atoms. The maximum atomic E-state index is 9.80. The van der Waals surface area contributed by atoms with Crippen LogP contribution in [0.3, 0.4) is 0 Å². The first kappa shape index (κ1) is 10.9. The summed E-state index contributed by atoms with van der Waals surface area (Å²) in [5.74, 6) is 0. The molecule has 0 bridgehead atoms. The minimum atomic E-state index is -0.429. The molecule has 1 aliphatic rings. The second kappa shape index (κ2) is 4.37. The van der Waals surface area contributed by atoms with E-state index >= 15 is 0 Å². The smallest absolute Gasteiger partial charge is 0.159 e. The van der Waals surface area contributed by atoms with Crippen LogP contribution in [0.25, 0.3) is 0 Å². The van der Waals surface area contributed by atoms with Crippen LogP contribution in [-0.4, -0.2) is 55.8 Å². The fraction of sp³-hybridized carbons (Fsp3) is 1.00. The number of methoxy groups -OCH3 is 1. The second-order valence-corrected chi connectivity index (χ2v) is 3.76. The molecule has 4 heteroatoms. The molecule has 0 saturated carbocycles. The van der Waals surface area contributed by atoms with Gasteiger partial charge in [0.15, 0.2) is 6.29 Å². The molecule has 1 N–H and O–H groups in total. The maximum absolute atomic E-state index is 9.80. The predicted molar refractivity (Wildman–Crippen MR) is 49.4 cm³/mol. The van der Waals surface area contributed by atoms with Crippen molar-refractivity contribution in [3.05, 3.63) is 0 Å². The molecular formula is C9H19NO3. The first-order valence-corrected chi connectivity index (χ1v) is 4.59. The summed E-state index contributed by atoms with van der Waals surface area (Å²) in [6.45, 7) is 1.87. The van der Waals surface area contributed by atoms with E-state index in [1.54, 1.807) is 7.11 Å². The van der Waals surface area contributed by atoms with Gasteiger partial charge in [-0.05, 0) is 21.0 Å². The minimum absolute atomic E-state index is 0.119. The van der Waals surface area contributed by atoms with Crippen LogP contribution >= 0.6 is 0 Å². The normalized spacial score (nSPS) is 41.1. The maximum Gasteiger partial charge on any atom is 0.159 e. The third-order valence-electron chi connectivity index (χ3n) is 2.60. The van der Waals surface area contributed by atoms with Crippen LogP contribution in [0.4, 0.5) is 0 Å². The largest absolute Gasteiger partial charge is 0.389 e. The molecule has 0 aliphatic carbocycles. The first-order valence-electron chi connectivity index (χ1n) is 4.59. The van der Waals surface area contributed by atoms with Crippen LogP contribution in [0.5, 0.6) is 0 Å². The number of hydrogen-bond acceptors (Lipinski definition) is 4. The van der Waals surface area contributed by atoms with Gasteiger partial charge in [0.2, 0.25) is 0 Å². The van der Waals surface area contributed by atoms with Crippen molar-refractivity contribution in [1.29, 1.82) is 0 Å². The molecule has 78 valence electrons. The Balaban J connectivity index is 2.60. The van der Waals surface area contributed by atoms with Crippen LogP contribution in [0.2, 0.25) is 0 Å². The van der Waals surface area contributed by atoms with Crippen molar-refractivity contribution in [2.45, 2.75) is 37.9 Å². The summed E-state index contributed by atoms with van der Waals surface area (Å²) in [6, 6.07) is 0.119. The lowest BCUT2D eigenvalue weighted by Crippen LogP contribution is -2.53. The lowest BCUT2D eigenvalue weighted by Gasteiger charge is -2.40. The molecule has 0 radical (unpaired) electrons. The van der Waals surface area contributed by atoms with Crippen LogP contribution in [0, 0.1) is 0 Å². The fourth-order valence-corrected chi connectivity index (χ4v) is 1.69. The van der Waals surface area contributed by atoms with E-state index in [-0.39, 0.29) is 18.4 Å². The van der Waals surface area contributed by atoms with E-state index in [0.29, 0.717) is 0 Å². The fourth-order valence-electron chi connectivity index (χ4n) is 1.69. The van der Waals surface area contributed by atoms with E-state index in [2.05, 4.69) is 0 Å². The Bertz CT molecular complexity index is 163. The summed E-state index contributed by atoms with van der Waals surface area (Å²) in [7, 11) is 5.54. The summed E-state index contributed by atoms with van der Waals surface area (Å²) < 4.78 is 10.6. The lowest BCUT2D eigenvalue weighted by molar-refractivity contribution is -0.224. The Labute approximate surface area is 79.4 Å². The zero-order valence-electron chi connectivity index (χ0n) is 8.73. The molecule has 1 aliphatic heterocycles. The Hall–Kier alpha value is -0.160. The third kappa shape index (κ3) is 2.40. The quantitative estimate of drug-likeness (QED) is 0.667. The molecule has 1 heterocycles. The number of ether oxygens (including phenoxy) is 2. The number of aliphatic hydroxyl groups excluding tert-OH is 1. The lowest BCUT2D eigenvalue weighted by atomic mass is 9.99. The van der Waals surface area contributed by atoms with Gasteiger partial charge < -0.3 is 19.5 Å². The molecule has 4 atom stereocenters. The van der Waals surface area contributed by atoms with Crippen molar-refractivity contribution in [2.75, 3.05) is 21.2 Å². The van der Waals surface area contributed by atoms with Gasteiger partial charge in [0.05, 0.1) is 12.2 Å². The van der Waals surface area contributed by atoms with Gasteiger partial charge in [0, 0.05) is 19.6 Å². The van der Waals surface area contributed by atoms with Gasteiger partial charge >= 0.3 is 0 Å². The van der Waals surface area contributed by atoms with E-state index in [4.69, 9.17) is 9.47 Å². The van der Waals surface area contributed by atoms with Crippen LogP contribution in [0.1, 0.15) is 13.3 Å². The molecule has 1 rings (SSSR count). The van der Waals surface area contributed by atoms with Gasteiger partial charge in [-0.15, -0.1) is 0 Å². The van der Waals surface area contributed by atoms with Crippen molar-refractivity contribution in [1.82, 2.24) is 4.90 Å². The monoisotopic (exact) mass is 189 g/mol. The number of rotatable bonds is 2. The van der Waals surface area contributed by atoms with Gasteiger partial charge in [0.25, 0.3) is 0 Å². The number of hydrogen-bond donors (Lipinski definition) is 1. The van der Waals surface area contributed by atoms with Gasteiger partial charge in [-0.2, -0.15) is 0 Å². The molecule has 0 aromatic carbocycles. The standard InChI is InChI=1S/C9H19NO3/c1-6-9(11)7(10(2)3)5-8(12-4)13-6/h6-9,11H,5H2,1-4H3/t6-,7-,8-,9-/m1/s1.